The Morgan fingerprint density at radius 2 is 2.19 bits per heavy atom. The van der Waals surface area contributed by atoms with E-state index in [-0.39, 0.29) is 6.09 Å². The van der Waals surface area contributed by atoms with Crippen LogP contribution in [0.25, 0.3) is 0 Å². The zero-order valence-corrected chi connectivity index (χ0v) is 14.0. The van der Waals surface area contributed by atoms with E-state index < -0.39 is 5.60 Å². The van der Waals surface area contributed by atoms with Gasteiger partial charge in [-0.25, -0.2) is 4.79 Å². The van der Waals surface area contributed by atoms with Crippen LogP contribution in [0.4, 0.5) is 4.79 Å². The summed E-state index contributed by atoms with van der Waals surface area (Å²) in [7, 11) is 0. The molecule has 2 aliphatic rings. The Balaban J connectivity index is 1.89. The van der Waals surface area contributed by atoms with Crippen molar-refractivity contribution >= 4 is 17.9 Å². The van der Waals surface area contributed by atoms with Gasteiger partial charge in [0.2, 0.25) is 0 Å². The first kappa shape index (κ1) is 16.2. The van der Waals surface area contributed by atoms with Crippen LogP contribution in [0.2, 0.25) is 0 Å². The van der Waals surface area contributed by atoms with E-state index in [4.69, 9.17) is 4.74 Å². The first-order chi connectivity index (χ1) is 9.94. The molecule has 0 saturated carbocycles. The predicted molar refractivity (Wildman–Crippen MR) is 89.2 cm³/mol. The molecule has 1 saturated heterocycles. The first-order valence-electron chi connectivity index (χ1n) is 7.63. The summed E-state index contributed by atoms with van der Waals surface area (Å²) in [6.07, 6.45) is 10.8. The summed E-state index contributed by atoms with van der Waals surface area (Å²) in [5.74, 6) is 0. The second-order valence-corrected chi connectivity index (χ2v) is 7.43. The van der Waals surface area contributed by atoms with Gasteiger partial charge in [-0.2, -0.15) is 0 Å². The van der Waals surface area contributed by atoms with Crippen molar-refractivity contribution in [2.75, 3.05) is 13.1 Å². The Bertz CT molecular complexity index is 472. The Hall–Kier alpha value is -1.16. The second-order valence-electron chi connectivity index (χ2n) is 6.49. The number of hydrogen-bond donors (Lipinski definition) is 0. The fourth-order valence-corrected chi connectivity index (χ4v) is 3.19. The molecular formula is C17H25NO2S. The molecule has 2 rings (SSSR count). The number of amides is 1. The van der Waals surface area contributed by atoms with Gasteiger partial charge in [0, 0.05) is 18.0 Å². The Morgan fingerprint density at radius 1 is 1.38 bits per heavy atom. The number of nitrogens with zero attached hydrogens (tertiary/aromatic N) is 1. The lowest BCUT2D eigenvalue weighted by Gasteiger charge is -2.31. The lowest BCUT2D eigenvalue weighted by atomic mass is 10.1. The van der Waals surface area contributed by atoms with Gasteiger partial charge in [0.25, 0.3) is 0 Å². The van der Waals surface area contributed by atoms with Crippen LogP contribution in [0.15, 0.2) is 34.1 Å². The maximum Gasteiger partial charge on any atom is 0.410 e. The number of carbonyl (C=O) groups is 1. The number of piperidine rings is 1. The molecule has 1 heterocycles. The molecule has 3 nitrogen and oxygen atoms in total. The van der Waals surface area contributed by atoms with Crippen molar-refractivity contribution in [3.63, 3.8) is 0 Å². The molecule has 0 aromatic carbocycles. The van der Waals surface area contributed by atoms with Gasteiger partial charge in [0.05, 0.1) is 0 Å². The van der Waals surface area contributed by atoms with Crippen LogP contribution in [0.3, 0.4) is 0 Å². The number of ether oxygens (including phenoxy) is 1. The number of hydrogen-bond acceptors (Lipinski definition) is 3. The first-order valence-corrected chi connectivity index (χ1v) is 8.51. The van der Waals surface area contributed by atoms with Gasteiger partial charge in [0.1, 0.15) is 5.60 Å². The van der Waals surface area contributed by atoms with Crippen molar-refractivity contribution in [2.24, 2.45) is 0 Å². The fourth-order valence-electron chi connectivity index (χ4n) is 2.31. The van der Waals surface area contributed by atoms with Crippen molar-refractivity contribution in [3.05, 3.63) is 34.1 Å². The third kappa shape index (κ3) is 5.62. The molecule has 116 valence electrons. The standard InChI is InChI=1S/C17H25NO2S/c1-17(2,3)20-16(19)18-11-7-8-14(12-18)13-21-15-9-5-4-6-10-15/h5,9-10,13H,4,6-8,11-12H2,1-3H3/b14-13+. The van der Waals surface area contributed by atoms with E-state index in [0.29, 0.717) is 6.54 Å². The monoisotopic (exact) mass is 307 g/mol. The highest BCUT2D eigenvalue weighted by Gasteiger charge is 2.24. The topological polar surface area (TPSA) is 29.5 Å². The van der Waals surface area contributed by atoms with Crippen LogP contribution in [-0.2, 0) is 4.74 Å². The van der Waals surface area contributed by atoms with E-state index in [9.17, 15) is 4.79 Å². The molecule has 0 N–H and O–H groups in total. The quantitative estimate of drug-likeness (QED) is 0.729. The highest BCUT2D eigenvalue weighted by Crippen LogP contribution is 2.27. The molecule has 4 heteroatoms. The van der Waals surface area contributed by atoms with Crippen LogP contribution in [0.5, 0.6) is 0 Å². The second kappa shape index (κ2) is 7.21. The van der Waals surface area contributed by atoms with Gasteiger partial charge in [-0.1, -0.05) is 30.0 Å². The number of allylic oxidation sites excluding steroid dienone is 3. The molecule has 0 aromatic rings. The average Bonchev–Trinajstić information content (AvgIpc) is 2.45. The minimum atomic E-state index is -0.426. The highest BCUT2D eigenvalue weighted by atomic mass is 32.2. The van der Waals surface area contributed by atoms with Gasteiger partial charge in [0.15, 0.2) is 0 Å². The van der Waals surface area contributed by atoms with Gasteiger partial charge in [-0.05, 0) is 57.4 Å². The highest BCUT2D eigenvalue weighted by molar-refractivity contribution is 8.06. The van der Waals surface area contributed by atoms with Crippen LogP contribution >= 0.6 is 11.8 Å². The molecular weight excluding hydrogens is 282 g/mol. The molecule has 0 atom stereocenters. The van der Waals surface area contributed by atoms with Crippen LogP contribution < -0.4 is 0 Å². The van der Waals surface area contributed by atoms with Crippen molar-refractivity contribution in [1.29, 1.82) is 0 Å². The van der Waals surface area contributed by atoms with Crippen molar-refractivity contribution in [3.8, 4) is 0 Å². The van der Waals surface area contributed by atoms with Crippen molar-refractivity contribution in [1.82, 2.24) is 4.90 Å². The molecule has 21 heavy (non-hydrogen) atoms. The third-order valence-corrected chi connectivity index (χ3v) is 4.32. The van der Waals surface area contributed by atoms with Gasteiger partial charge in [-0.3, -0.25) is 0 Å². The Kier molecular flexibility index (Phi) is 5.57. The van der Waals surface area contributed by atoms with E-state index in [1.54, 1.807) is 11.8 Å². The largest absolute Gasteiger partial charge is 0.444 e. The van der Waals surface area contributed by atoms with Gasteiger partial charge in [-0.15, -0.1) is 0 Å². The average molecular weight is 307 g/mol. The number of likely N-dealkylation sites (tertiary alicyclic amines) is 1. The molecule has 0 aromatic heterocycles. The van der Waals surface area contributed by atoms with Gasteiger partial charge >= 0.3 is 6.09 Å². The van der Waals surface area contributed by atoms with E-state index in [1.807, 2.05) is 25.7 Å². The number of rotatable bonds is 2. The third-order valence-electron chi connectivity index (χ3n) is 3.29. The maximum absolute atomic E-state index is 12.1. The smallest absolute Gasteiger partial charge is 0.410 e. The molecule has 0 unspecified atom stereocenters. The minimum absolute atomic E-state index is 0.199. The van der Waals surface area contributed by atoms with E-state index in [0.717, 1.165) is 32.2 Å². The van der Waals surface area contributed by atoms with E-state index >= 15 is 0 Å². The summed E-state index contributed by atoms with van der Waals surface area (Å²) in [6, 6.07) is 0. The summed E-state index contributed by atoms with van der Waals surface area (Å²) in [4.78, 5) is 15.2. The Morgan fingerprint density at radius 3 is 2.86 bits per heavy atom. The van der Waals surface area contributed by atoms with Crippen LogP contribution in [0, 0.1) is 0 Å². The Labute approximate surface area is 132 Å². The van der Waals surface area contributed by atoms with E-state index in [2.05, 4.69) is 23.6 Å². The van der Waals surface area contributed by atoms with Crippen LogP contribution in [-0.4, -0.2) is 29.7 Å². The lowest BCUT2D eigenvalue weighted by molar-refractivity contribution is 0.0247. The zero-order chi connectivity index (χ0) is 15.3. The summed E-state index contributed by atoms with van der Waals surface area (Å²) >= 11 is 1.76. The van der Waals surface area contributed by atoms with Crippen molar-refractivity contribution in [2.45, 2.75) is 52.1 Å². The molecule has 1 amide bonds. The van der Waals surface area contributed by atoms with E-state index in [1.165, 1.54) is 10.5 Å². The molecule has 1 aliphatic heterocycles. The number of thioether (sulfide) groups is 1. The molecule has 0 radical (unpaired) electrons. The lowest BCUT2D eigenvalue weighted by Crippen LogP contribution is -2.40. The summed E-state index contributed by atoms with van der Waals surface area (Å²) in [5.41, 5.74) is 0.891. The SMILES string of the molecule is CC(C)(C)OC(=O)N1CCC/C(=C\SC2=CCCC=C2)C1. The summed E-state index contributed by atoms with van der Waals surface area (Å²) in [5, 5.41) is 2.21. The predicted octanol–water partition coefficient (Wildman–Crippen LogP) is 4.87. The van der Waals surface area contributed by atoms with Gasteiger partial charge < -0.3 is 9.64 Å². The minimum Gasteiger partial charge on any atom is -0.444 e. The molecule has 0 bridgehead atoms. The van der Waals surface area contributed by atoms with Crippen molar-refractivity contribution < 1.29 is 9.53 Å². The molecule has 1 fully saturated rings. The maximum atomic E-state index is 12.1. The fraction of sp³-hybridized carbons (Fsp3) is 0.588. The normalized spacial score (nSPS) is 21.4. The summed E-state index contributed by atoms with van der Waals surface area (Å²) in [6.45, 7) is 7.20. The molecule has 1 aliphatic carbocycles. The zero-order valence-electron chi connectivity index (χ0n) is 13.2. The molecule has 0 spiro atoms. The summed E-state index contributed by atoms with van der Waals surface area (Å²) < 4.78 is 5.45. The van der Waals surface area contributed by atoms with Crippen LogP contribution in [0.1, 0.15) is 46.5 Å². The number of carbonyl (C=O) groups excluding carboxylic acids is 1.